The minimum Gasteiger partial charge on any atom is -0.493 e. The zero-order chi connectivity index (χ0) is 24.2. The van der Waals surface area contributed by atoms with Gasteiger partial charge in [-0.1, -0.05) is 18.2 Å². The van der Waals surface area contributed by atoms with E-state index >= 15 is 0 Å². The zero-order valence-electron chi connectivity index (χ0n) is 18.9. The van der Waals surface area contributed by atoms with Gasteiger partial charge in [-0.3, -0.25) is 9.59 Å². The Morgan fingerprint density at radius 1 is 1.09 bits per heavy atom. The molecule has 0 saturated heterocycles. The fourth-order valence-corrected chi connectivity index (χ4v) is 4.44. The van der Waals surface area contributed by atoms with Gasteiger partial charge < -0.3 is 19.4 Å². The van der Waals surface area contributed by atoms with Crippen LogP contribution in [0.4, 0.5) is 0 Å². The molecule has 0 atom stereocenters. The summed E-state index contributed by atoms with van der Waals surface area (Å²) < 4.78 is 36.9. The highest BCUT2D eigenvalue weighted by atomic mass is 32.2. The number of rotatable bonds is 9. The molecule has 2 aromatic carbocycles. The number of sulfonamides is 1. The molecule has 3 aromatic rings. The maximum Gasteiger partial charge on any atom is 0.258 e. The predicted octanol–water partition coefficient (Wildman–Crippen LogP) is 1.61. The Hall–Kier alpha value is -3.44. The van der Waals surface area contributed by atoms with E-state index in [9.17, 15) is 18.0 Å². The number of aromatic nitrogens is 2. The molecule has 0 unspecified atom stereocenters. The largest absolute Gasteiger partial charge is 0.493 e. The second kappa shape index (κ2) is 10.0. The van der Waals surface area contributed by atoms with Crippen LogP contribution in [0.3, 0.4) is 0 Å². The maximum absolute atomic E-state index is 12.9. The summed E-state index contributed by atoms with van der Waals surface area (Å²) in [6, 6.07) is 11.0. The first-order valence-corrected chi connectivity index (χ1v) is 11.6. The number of nitrogens with zero attached hydrogens (tertiary/aromatic N) is 3. The normalized spacial score (nSPS) is 11.5. The van der Waals surface area contributed by atoms with Gasteiger partial charge in [0.05, 0.1) is 43.1 Å². The van der Waals surface area contributed by atoms with Crippen molar-refractivity contribution in [2.45, 2.75) is 18.4 Å². The Morgan fingerprint density at radius 2 is 1.73 bits per heavy atom. The summed E-state index contributed by atoms with van der Waals surface area (Å²) >= 11 is 0. The number of likely N-dealkylation sites (N-methyl/N-ethyl adjacent to an activating group) is 2. The van der Waals surface area contributed by atoms with E-state index in [0.717, 1.165) is 4.31 Å². The van der Waals surface area contributed by atoms with E-state index in [-0.39, 0.29) is 29.4 Å². The van der Waals surface area contributed by atoms with Crippen LogP contribution in [0.25, 0.3) is 10.9 Å². The van der Waals surface area contributed by atoms with E-state index in [1.54, 1.807) is 31.2 Å². The van der Waals surface area contributed by atoms with Gasteiger partial charge in [0.2, 0.25) is 15.9 Å². The molecule has 0 aliphatic rings. The molecule has 0 fully saturated rings. The van der Waals surface area contributed by atoms with Crippen LogP contribution in [-0.2, 0) is 21.4 Å². The SMILES string of the molecule is CCN(Cc1nc2cc(OC)c(OC)cc2c(=O)[nH]1)C(=O)CN(C)S(=O)(=O)c1ccccc1. The number of hydrogen-bond acceptors (Lipinski definition) is 7. The molecule has 0 radical (unpaired) electrons. The Balaban J connectivity index is 1.82. The lowest BCUT2D eigenvalue weighted by Gasteiger charge is -2.24. The van der Waals surface area contributed by atoms with Crippen LogP contribution < -0.4 is 15.0 Å². The van der Waals surface area contributed by atoms with E-state index in [2.05, 4.69) is 9.97 Å². The average molecular weight is 475 g/mol. The van der Waals surface area contributed by atoms with Crippen molar-refractivity contribution in [1.82, 2.24) is 19.2 Å². The second-order valence-corrected chi connectivity index (χ2v) is 9.26. The van der Waals surface area contributed by atoms with E-state index in [0.29, 0.717) is 28.9 Å². The van der Waals surface area contributed by atoms with Crippen molar-refractivity contribution in [3.63, 3.8) is 0 Å². The number of ether oxygens (including phenoxy) is 2. The maximum atomic E-state index is 12.9. The number of methoxy groups -OCH3 is 2. The summed E-state index contributed by atoms with van der Waals surface area (Å²) in [6.07, 6.45) is 0. The fraction of sp³-hybridized carbons (Fsp3) is 0.318. The number of amides is 1. The number of fused-ring (bicyclic) bond motifs is 1. The average Bonchev–Trinajstić information content (AvgIpc) is 2.82. The molecule has 0 bridgehead atoms. The molecule has 33 heavy (non-hydrogen) atoms. The van der Waals surface area contributed by atoms with Crippen LogP contribution in [0.1, 0.15) is 12.7 Å². The van der Waals surface area contributed by atoms with Gasteiger partial charge in [0.15, 0.2) is 11.5 Å². The smallest absolute Gasteiger partial charge is 0.258 e. The van der Waals surface area contributed by atoms with Crippen LogP contribution in [-0.4, -0.2) is 67.9 Å². The summed E-state index contributed by atoms with van der Waals surface area (Å²) in [4.78, 5) is 34.1. The molecule has 0 aliphatic carbocycles. The molecule has 3 rings (SSSR count). The van der Waals surface area contributed by atoms with E-state index in [1.807, 2.05) is 0 Å². The zero-order valence-corrected chi connectivity index (χ0v) is 19.7. The first kappa shape index (κ1) is 24.2. The Kier molecular flexibility index (Phi) is 7.34. The molecular weight excluding hydrogens is 448 g/mol. The van der Waals surface area contributed by atoms with Gasteiger partial charge in [0.25, 0.3) is 5.56 Å². The number of hydrogen-bond donors (Lipinski definition) is 1. The number of benzene rings is 2. The van der Waals surface area contributed by atoms with Crippen LogP contribution in [0.15, 0.2) is 52.2 Å². The third-order valence-corrected chi connectivity index (χ3v) is 6.96. The molecular formula is C22H26N4O6S. The topological polar surface area (TPSA) is 122 Å². The monoisotopic (exact) mass is 474 g/mol. The van der Waals surface area contributed by atoms with Crippen molar-refractivity contribution in [1.29, 1.82) is 0 Å². The summed E-state index contributed by atoms with van der Waals surface area (Å²) in [5.74, 6) is 0.668. The van der Waals surface area contributed by atoms with E-state index in [4.69, 9.17) is 9.47 Å². The lowest BCUT2D eigenvalue weighted by atomic mass is 10.2. The van der Waals surface area contributed by atoms with Crippen molar-refractivity contribution in [3.05, 3.63) is 58.6 Å². The summed E-state index contributed by atoms with van der Waals surface area (Å²) in [6.45, 7) is 1.71. The number of carbonyl (C=O) groups is 1. The first-order valence-electron chi connectivity index (χ1n) is 10.1. The van der Waals surface area contributed by atoms with Gasteiger partial charge in [0.1, 0.15) is 5.82 Å². The van der Waals surface area contributed by atoms with Gasteiger partial charge in [-0.05, 0) is 25.1 Å². The van der Waals surface area contributed by atoms with Crippen molar-refractivity contribution in [2.75, 3.05) is 34.4 Å². The minimum absolute atomic E-state index is 0.00802. The third kappa shape index (κ3) is 5.15. The van der Waals surface area contributed by atoms with Crippen molar-refractivity contribution in [3.8, 4) is 11.5 Å². The van der Waals surface area contributed by atoms with Crippen LogP contribution in [0, 0.1) is 0 Å². The highest BCUT2D eigenvalue weighted by Crippen LogP contribution is 2.30. The summed E-state index contributed by atoms with van der Waals surface area (Å²) in [5, 5.41) is 0.319. The molecule has 1 aromatic heterocycles. The molecule has 0 saturated carbocycles. The van der Waals surface area contributed by atoms with Crippen LogP contribution >= 0.6 is 0 Å². The van der Waals surface area contributed by atoms with Crippen molar-refractivity contribution in [2.24, 2.45) is 0 Å². The van der Waals surface area contributed by atoms with Gasteiger partial charge in [-0.15, -0.1) is 0 Å². The van der Waals surface area contributed by atoms with Gasteiger partial charge in [-0.25, -0.2) is 13.4 Å². The third-order valence-electron chi connectivity index (χ3n) is 5.14. The molecule has 0 spiro atoms. The minimum atomic E-state index is -3.81. The van der Waals surface area contributed by atoms with Crippen molar-refractivity contribution < 1.29 is 22.7 Å². The Labute approximate surface area is 191 Å². The molecule has 10 nitrogen and oxygen atoms in total. The number of aromatic amines is 1. The van der Waals surface area contributed by atoms with Gasteiger partial charge in [0, 0.05) is 19.7 Å². The number of H-pyrrole nitrogens is 1. The van der Waals surface area contributed by atoms with Crippen LogP contribution in [0.5, 0.6) is 11.5 Å². The number of nitrogens with one attached hydrogen (secondary N) is 1. The fourth-order valence-electron chi connectivity index (χ4n) is 3.29. The number of carbonyl (C=O) groups excluding carboxylic acids is 1. The van der Waals surface area contributed by atoms with E-state index in [1.165, 1.54) is 44.4 Å². The van der Waals surface area contributed by atoms with E-state index < -0.39 is 15.9 Å². The Morgan fingerprint density at radius 3 is 2.33 bits per heavy atom. The van der Waals surface area contributed by atoms with Crippen LogP contribution in [0.2, 0.25) is 0 Å². The lowest BCUT2D eigenvalue weighted by Crippen LogP contribution is -2.41. The highest BCUT2D eigenvalue weighted by Gasteiger charge is 2.25. The molecule has 1 heterocycles. The molecule has 0 aliphatic heterocycles. The predicted molar refractivity (Wildman–Crippen MR) is 123 cm³/mol. The summed E-state index contributed by atoms with van der Waals surface area (Å²) in [5.41, 5.74) is 0.00176. The second-order valence-electron chi connectivity index (χ2n) is 7.22. The molecule has 1 amide bonds. The first-order chi connectivity index (χ1) is 15.7. The van der Waals surface area contributed by atoms with Gasteiger partial charge >= 0.3 is 0 Å². The highest BCUT2D eigenvalue weighted by molar-refractivity contribution is 7.89. The standard InChI is InChI=1S/C22H26N4O6S/c1-5-26(21(27)14-25(2)33(29,30)15-9-7-6-8-10-15)13-20-23-17-12-19(32-4)18(31-3)11-16(17)22(28)24-20/h6-12H,5,13-14H2,1-4H3,(H,23,24,28). The lowest BCUT2D eigenvalue weighted by molar-refractivity contribution is -0.131. The molecule has 11 heteroatoms. The molecule has 1 N–H and O–H groups in total. The quantitative estimate of drug-likeness (QED) is 0.500. The Bertz CT molecular complexity index is 1310. The van der Waals surface area contributed by atoms with Crippen molar-refractivity contribution >= 4 is 26.8 Å². The summed E-state index contributed by atoms with van der Waals surface area (Å²) in [7, 11) is 0.492. The molecule has 176 valence electrons. The van der Waals surface area contributed by atoms with Gasteiger partial charge in [-0.2, -0.15) is 4.31 Å².